The SMILES string of the molecule is OCc1cc2c3c(c1)OCCCC/C=C\CCCCOc1cccc(c1-c1cccc-3n1)OCCCC/C=C\CCCCO2. The van der Waals surface area contributed by atoms with Gasteiger partial charge in [0.05, 0.1) is 55.5 Å². The van der Waals surface area contributed by atoms with Gasteiger partial charge in [-0.25, -0.2) is 4.98 Å². The number of allylic oxidation sites excluding steroid dienone is 4. The van der Waals surface area contributed by atoms with Gasteiger partial charge in [0.15, 0.2) is 0 Å². The first-order valence-electron chi connectivity index (χ1n) is 16.5. The van der Waals surface area contributed by atoms with E-state index in [0.717, 1.165) is 117 Å². The van der Waals surface area contributed by atoms with Gasteiger partial charge in [0, 0.05) is 0 Å². The van der Waals surface area contributed by atoms with Gasteiger partial charge in [0.2, 0.25) is 0 Å². The van der Waals surface area contributed by atoms with Gasteiger partial charge in [-0.3, -0.25) is 0 Å². The molecule has 0 atom stereocenters. The molecule has 0 spiro atoms. The highest BCUT2D eigenvalue weighted by molar-refractivity contribution is 5.80. The number of rotatable bonds is 1. The molecular formula is C38H47NO5. The van der Waals surface area contributed by atoms with Gasteiger partial charge in [-0.05, 0) is 119 Å². The number of aliphatic hydroxyl groups is 1. The molecule has 0 saturated heterocycles. The number of aliphatic hydroxyl groups excluding tert-OH is 1. The van der Waals surface area contributed by atoms with E-state index in [1.54, 1.807) is 0 Å². The summed E-state index contributed by atoms with van der Waals surface area (Å²) in [5.74, 6) is 2.91. The van der Waals surface area contributed by atoms with Crippen LogP contribution in [0.4, 0.5) is 0 Å². The van der Waals surface area contributed by atoms with Crippen molar-refractivity contribution >= 4 is 0 Å². The van der Waals surface area contributed by atoms with Crippen molar-refractivity contribution in [1.82, 2.24) is 4.98 Å². The maximum absolute atomic E-state index is 10.1. The molecule has 1 aromatic heterocycles. The van der Waals surface area contributed by atoms with E-state index in [1.165, 1.54) is 0 Å². The second-order valence-corrected chi connectivity index (χ2v) is 11.5. The summed E-state index contributed by atoms with van der Waals surface area (Å²) in [6, 6.07) is 15.9. The average Bonchev–Trinajstić information content (AvgIpc) is 3.05. The monoisotopic (exact) mass is 597 g/mol. The third kappa shape index (κ3) is 9.12. The molecule has 0 radical (unpaired) electrons. The number of benzene rings is 2. The van der Waals surface area contributed by atoms with E-state index in [9.17, 15) is 5.11 Å². The van der Waals surface area contributed by atoms with Crippen LogP contribution in [0.1, 0.15) is 82.6 Å². The molecule has 2 aromatic carbocycles. The van der Waals surface area contributed by atoms with E-state index < -0.39 is 0 Å². The molecule has 44 heavy (non-hydrogen) atoms. The normalized spacial score (nSPS) is 18.8. The average molecular weight is 598 g/mol. The Kier molecular flexibility index (Phi) is 12.6. The molecule has 0 amide bonds. The number of hydrogen-bond acceptors (Lipinski definition) is 6. The van der Waals surface area contributed by atoms with Gasteiger partial charge in [-0.2, -0.15) is 0 Å². The summed E-state index contributed by atoms with van der Waals surface area (Å²) in [4.78, 5) is 5.21. The molecule has 4 bridgehead atoms. The van der Waals surface area contributed by atoms with Gasteiger partial charge in [-0.1, -0.05) is 36.4 Å². The number of nitrogens with zero attached hydrogens (tertiary/aromatic N) is 1. The molecule has 0 fully saturated rings. The molecule has 234 valence electrons. The van der Waals surface area contributed by atoms with Crippen LogP contribution in [0.2, 0.25) is 0 Å². The van der Waals surface area contributed by atoms with Crippen LogP contribution in [0, 0.1) is 0 Å². The van der Waals surface area contributed by atoms with Crippen LogP contribution in [-0.2, 0) is 6.61 Å². The van der Waals surface area contributed by atoms with Crippen LogP contribution in [-0.4, -0.2) is 36.5 Å². The fraction of sp³-hybridized carbons (Fsp3) is 0.447. The van der Waals surface area contributed by atoms with Crippen LogP contribution in [0.15, 0.2) is 72.8 Å². The molecule has 0 aliphatic carbocycles. The third-order valence-electron chi connectivity index (χ3n) is 7.98. The van der Waals surface area contributed by atoms with Gasteiger partial charge >= 0.3 is 0 Å². The van der Waals surface area contributed by atoms with Crippen LogP contribution >= 0.6 is 0 Å². The molecule has 3 aromatic rings. The Hall–Kier alpha value is -3.77. The Morgan fingerprint density at radius 3 is 1.32 bits per heavy atom. The lowest BCUT2D eigenvalue weighted by Gasteiger charge is -2.19. The van der Waals surface area contributed by atoms with E-state index in [-0.39, 0.29) is 6.61 Å². The summed E-state index contributed by atoms with van der Waals surface area (Å²) in [5, 5.41) is 10.1. The predicted octanol–water partition coefficient (Wildman–Crippen LogP) is 9.24. The lowest BCUT2D eigenvalue weighted by Crippen LogP contribution is -2.06. The van der Waals surface area contributed by atoms with Crippen LogP contribution in [0.5, 0.6) is 23.0 Å². The second kappa shape index (κ2) is 17.5. The highest BCUT2D eigenvalue weighted by Gasteiger charge is 2.21. The molecule has 5 rings (SSSR count). The number of pyridine rings is 1. The van der Waals surface area contributed by atoms with Crippen molar-refractivity contribution < 1.29 is 24.1 Å². The van der Waals surface area contributed by atoms with Gasteiger partial charge < -0.3 is 24.1 Å². The molecular weight excluding hydrogens is 550 g/mol. The minimum Gasteiger partial charge on any atom is -0.493 e. The Labute approximate surface area is 262 Å². The molecule has 0 unspecified atom stereocenters. The van der Waals surface area contributed by atoms with Gasteiger partial charge in [-0.15, -0.1) is 0 Å². The zero-order valence-corrected chi connectivity index (χ0v) is 26.0. The van der Waals surface area contributed by atoms with Crippen molar-refractivity contribution in [3.63, 3.8) is 0 Å². The summed E-state index contributed by atoms with van der Waals surface area (Å²) in [6.45, 7) is 2.33. The second-order valence-electron chi connectivity index (χ2n) is 11.5. The van der Waals surface area contributed by atoms with Crippen LogP contribution in [0.3, 0.4) is 0 Å². The predicted molar refractivity (Wildman–Crippen MR) is 177 cm³/mol. The zero-order valence-electron chi connectivity index (χ0n) is 26.0. The fourth-order valence-corrected chi connectivity index (χ4v) is 5.59. The Bertz CT molecular complexity index is 1310. The first kappa shape index (κ1) is 31.6. The quantitative estimate of drug-likeness (QED) is 0.282. The molecule has 1 N–H and O–H groups in total. The highest BCUT2D eigenvalue weighted by Crippen LogP contribution is 2.43. The van der Waals surface area contributed by atoms with Crippen molar-refractivity contribution in [2.24, 2.45) is 0 Å². The molecule has 6 nitrogen and oxygen atoms in total. The zero-order chi connectivity index (χ0) is 30.2. The van der Waals surface area contributed by atoms with E-state index in [1.807, 2.05) is 48.5 Å². The van der Waals surface area contributed by atoms with Crippen molar-refractivity contribution in [2.45, 2.75) is 83.7 Å². The minimum absolute atomic E-state index is 0.0958. The van der Waals surface area contributed by atoms with Crippen molar-refractivity contribution in [2.75, 3.05) is 26.4 Å². The third-order valence-corrected chi connectivity index (χ3v) is 7.98. The van der Waals surface area contributed by atoms with E-state index >= 15 is 0 Å². The molecule has 2 aliphatic heterocycles. The first-order chi connectivity index (χ1) is 21.8. The Balaban J connectivity index is 1.61. The molecule has 2 aliphatic rings. The summed E-state index contributed by atoms with van der Waals surface area (Å²) in [5.41, 5.74) is 3.95. The van der Waals surface area contributed by atoms with Crippen molar-refractivity contribution in [1.29, 1.82) is 0 Å². The number of ether oxygens (including phenoxy) is 4. The van der Waals surface area contributed by atoms with E-state index in [2.05, 4.69) is 24.3 Å². The van der Waals surface area contributed by atoms with Crippen LogP contribution < -0.4 is 18.9 Å². The minimum atomic E-state index is -0.0958. The first-order valence-corrected chi connectivity index (χ1v) is 16.5. The Morgan fingerprint density at radius 1 is 0.500 bits per heavy atom. The van der Waals surface area contributed by atoms with Gasteiger partial charge in [0.25, 0.3) is 0 Å². The molecule has 3 heterocycles. The molecule has 0 saturated carbocycles. The maximum Gasteiger partial charge on any atom is 0.132 e. The fourth-order valence-electron chi connectivity index (χ4n) is 5.59. The summed E-state index contributed by atoms with van der Waals surface area (Å²) in [6.07, 6.45) is 21.4. The number of hydrogen-bond donors (Lipinski definition) is 1. The topological polar surface area (TPSA) is 70.0 Å². The largest absolute Gasteiger partial charge is 0.493 e. The van der Waals surface area contributed by atoms with E-state index in [0.29, 0.717) is 37.9 Å². The van der Waals surface area contributed by atoms with Crippen LogP contribution in [0.25, 0.3) is 22.5 Å². The lowest BCUT2D eigenvalue weighted by molar-refractivity contribution is 0.273. The maximum atomic E-state index is 10.1. The summed E-state index contributed by atoms with van der Waals surface area (Å²) >= 11 is 0. The number of aromatic nitrogens is 1. The standard InChI is InChI=1S/C38H47NO5/c40-29-30-27-35-38-32-20-17-19-31(39-32)37-33(41-23-13-9-5-1-3-7-11-15-25-43-35)21-18-22-34(37)42-24-14-10-6-2-4-8-12-16-26-44-36(38)28-30/h1-4,17-22,27-28,40H,5-16,23-26,29H2/b3-1-,4-2-. The Morgan fingerprint density at radius 2 is 0.886 bits per heavy atom. The van der Waals surface area contributed by atoms with Gasteiger partial charge in [0.1, 0.15) is 23.0 Å². The highest BCUT2D eigenvalue weighted by atomic mass is 16.5. The molecule has 6 heteroatoms. The van der Waals surface area contributed by atoms with E-state index in [4.69, 9.17) is 23.9 Å². The van der Waals surface area contributed by atoms with Crippen molar-refractivity contribution in [3.05, 3.63) is 78.4 Å². The van der Waals surface area contributed by atoms with Crippen molar-refractivity contribution in [3.8, 4) is 45.5 Å². The summed E-state index contributed by atoms with van der Waals surface area (Å²) < 4.78 is 25.7. The smallest absolute Gasteiger partial charge is 0.132 e. The lowest BCUT2D eigenvalue weighted by atomic mass is 10.0. The summed E-state index contributed by atoms with van der Waals surface area (Å²) in [7, 11) is 0.